The second-order valence-electron chi connectivity index (χ2n) is 12.5. The van der Waals surface area contributed by atoms with Crippen molar-refractivity contribution in [3.05, 3.63) is 176 Å². The van der Waals surface area contributed by atoms with E-state index in [-0.39, 0.29) is 0 Å². The molecule has 2 heterocycles. The first-order chi connectivity index (χ1) is 24.3. The van der Waals surface area contributed by atoms with Gasteiger partial charge in [0, 0.05) is 47.9 Å². The lowest BCUT2D eigenvalue weighted by atomic mass is 10.00. The number of furan rings is 1. The number of hydrogen-bond donors (Lipinski definition) is 0. The number of nitrogens with zero attached hydrogens (tertiary/aromatic N) is 1. The summed E-state index contributed by atoms with van der Waals surface area (Å²) >= 11 is 1.87. The predicted octanol–water partition coefficient (Wildman–Crippen LogP) is 13.9. The van der Waals surface area contributed by atoms with Crippen LogP contribution in [0.3, 0.4) is 0 Å². The van der Waals surface area contributed by atoms with E-state index in [4.69, 9.17) is 4.42 Å². The van der Waals surface area contributed by atoms with Gasteiger partial charge in [-0.3, -0.25) is 0 Å². The smallest absolute Gasteiger partial charge is 0.136 e. The number of rotatable bonds is 5. The third kappa shape index (κ3) is 4.55. The van der Waals surface area contributed by atoms with Crippen molar-refractivity contribution in [2.75, 3.05) is 4.90 Å². The Kier molecular flexibility index (Phi) is 6.39. The molecule has 0 spiro atoms. The Morgan fingerprint density at radius 3 is 2.00 bits per heavy atom. The molecule has 3 heteroatoms. The SMILES string of the molecule is c1ccc(-c2ccccc2N(c2ccc(-c3cccc4c3sc3ccccc34)cc2)c2ccc3oc4ccc5ccccc5c4c3c2)cc1. The van der Waals surface area contributed by atoms with Gasteiger partial charge in [-0.2, -0.15) is 0 Å². The fraction of sp³-hybridized carbons (Fsp3) is 0. The minimum atomic E-state index is 0.887. The molecule has 0 amide bonds. The number of para-hydroxylation sites is 1. The molecule has 8 aromatic carbocycles. The molecule has 0 N–H and O–H groups in total. The largest absolute Gasteiger partial charge is 0.456 e. The van der Waals surface area contributed by atoms with E-state index in [1.54, 1.807) is 0 Å². The highest BCUT2D eigenvalue weighted by molar-refractivity contribution is 7.26. The maximum Gasteiger partial charge on any atom is 0.136 e. The number of fused-ring (bicyclic) bond motifs is 8. The molecule has 49 heavy (non-hydrogen) atoms. The van der Waals surface area contributed by atoms with Crippen molar-refractivity contribution in [3.63, 3.8) is 0 Å². The summed E-state index contributed by atoms with van der Waals surface area (Å²) in [6, 6.07) is 63.2. The monoisotopic (exact) mass is 643 g/mol. The van der Waals surface area contributed by atoms with Crippen molar-refractivity contribution >= 4 is 81.3 Å². The van der Waals surface area contributed by atoms with Crippen LogP contribution in [0.25, 0.3) is 75.1 Å². The molecule has 0 saturated heterocycles. The van der Waals surface area contributed by atoms with E-state index < -0.39 is 0 Å². The van der Waals surface area contributed by atoms with Gasteiger partial charge in [0.05, 0.1) is 5.69 Å². The average Bonchev–Trinajstić information content (AvgIpc) is 3.74. The summed E-state index contributed by atoms with van der Waals surface area (Å²) in [4.78, 5) is 2.38. The van der Waals surface area contributed by atoms with Gasteiger partial charge < -0.3 is 9.32 Å². The van der Waals surface area contributed by atoms with Crippen molar-refractivity contribution in [2.45, 2.75) is 0 Å². The highest BCUT2D eigenvalue weighted by atomic mass is 32.1. The summed E-state index contributed by atoms with van der Waals surface area (Å²) in [5.41, 5.74) is 9.89. The van der Waals surface area contributed by atoms with Crippen LogP contribution in [0.1, 0.15) is 0 Å². The van der Waals surface area contributed by atoms with Crippen molar-refractivity contribution < 1.29 is 4.42 Å². The number of thiophene rings is 1. The fourth-order valence-electron chi connectivity index (χ4n) is 7.40. The molecule has 0 aliphatic heterocycles. The van der Waals surface area contributed by atoms with Crippen molar-refractivity contribution in [3.8, 4) is 22.3 Å². The molecular formula is C46H29NOS. The lowest BCUT2D eigenvalue weighted by Crippen LogP contribution is -2.11. The van der Waals surface area contributed by atoms with Crippen molar-refractivity contribution in [1.29, 1.82) is 0 Å². The van der Waals surface area contributed by atoms with Gasteiger partial charge in [0.15, 0.2) is 0 Å². The van der Waals surface area contributed by atoms with Crippen LogP contribution in [0.4, 0.5) is 17.1 Å². The molecule has 0 aliphatic carbocycles. The molecule has 230 valence electrons. The van der Waals surface area contributed by atoms with Crippen LogP contribution in [0.15, 0.2) is 180 Å². The third-order valence-electron chi connectivity index (χ3n) is 9.67. The summed E-state index contributed by atoms with van der Waals surface area (Å²) in [7, 11) is 0. The predicted molar refractivity (Wildman–Crippen MR) is 210 cm³/mol. The van der Waals surface area contributed by atoms with E-state index in [9.17, 15) is 0 Å². The van der Waals surface area contributed by atoms with Gasteiger partial charge in [-0.25, -0.2) is 0 Å². The van der Waals surface area contributed by atoms with Crippen LogP contribution in [-0.2, 0) is 0 Å². The Labute approximate surface area is 287 Å². The Morgan fingerprint density at radius 1 is 0.429 bits per heavy atom. The van der Waals surface area contributed by atoms with Crippen LogP contribution in [0.5, 0.6) is 0 Å². The van der Waals surface area contributed by atoms with Crippen LogP contribution in [0, 0.1) is 0 Å². The maximum absolute atomic E-state index is 6.40. The Balaban J connectivity index is 1.17. The minimum Gasteiger partial charge on any atom is -0.456 e. The van der Waals surface area contributed by atoms with E-state index in [1.165, 1.54) is 53.2 Å². The molecule has 0 fully saturated rings. The van der Waals surface area contributed by atoms with Gasteiger partial charge in [-0.1, -0.05) is 127 Å². The highest BCUT2D eigenvalue weighted by Gasteiger charge is 2.20. The van der Waals surface area contributed by atoms with Crippen LogP contribution in [-0.4, -0.2) is 0 Å². The Bertz CT molecular complexity index is 2830. The first-order valence-corrected chi connectivity index (χ1v) is 17.4. The van der Waals surface area contributed by atoms with Gasteiger partial charge in [0.25, 0.3) is 0 Å². The zero-order valence-corrected chi connectivity index (χ0v) is 27.3. The summed E-state index contributed by atoms with van der Waals surface area (Å²) in [6.07, 6.45) is 0. The second kappa shape index (κ2) is 11.2. The standard InChI is InChI=1S/C46H29NOS/c1-2-11-30(12-3-1)35-14-6-8-19-41(35)47(34-26-28-42-40(29-34)45-36-15-5-4-13-31(36)23-27-43(45)48-42)33-24-21-32(22-25-33)37-17-10-18-39-38-16-7-9-20-44(38)49-46(37)39/h1-29H. The summed E-state index contributed by atoms with van der Waals surface area (Å²) < 4.78 is 9.05. The molecule has 10 aromatic rings. The van der Waals surface area contributed by atoms with Crippen LogP contribution < -0.4 is 4.90 Å². The van der Waals surface area contributed by atoms with Crippen LogP contribution in [0.2, 0.25) is 0 Å². The Hall–Kier alpha value is -6.16. The van der Waals surface area contributed by atoms with Crippen molar-refractivity contribution in [2.24, 2.45) is 0 Å². The van der Waals surface area contributed by atoms with Crippen LogP contribution >= 0.6 is 11.3 Å². The fourth-order valence-corrected chi connectivity index (χ4v) is 8.63. The van der Waals surface area contributed by atoms with Gasteiger partial charge in [-0.05, 0) is 76.0 Å². The summed E-state index contributed by atoms with van der Waals surface area (Å²) in [6.45, 7) is 0. The van der Waals surface area contributed by atoms with E-state index in [0.717, 1.165) is 39.0 Å². The van der Waals surface area contributed by atoms with Gasteiger partial charge in [0.1, 0.15) is 11.2 Å². The molecule has 2 nitrogen and oxygen atoms in total. The number of hydrogen-bond acceptors (Lipinski definition) is 3. The quantitative estimate of drug-likeness (QED) is 0.186. The number of benzene rings is 8. The summed E-state index contributed by atoms with van der Waals surface area (Å²) in [5.74, 6) is 0. The topological polar surface area (TPSA) is 16.4 Å². The minimum absolute atomic E-state index is 0.887. The maximum atomic E-state index is 6.40. The molecule has 0 aliphatic rings. The lowest BCUT2D eigenvalue weighted by Gasteiger charge is -2.28. The van der Waals surface area contributed by atoms with E-state index in [1.807, 2.05) is 11.3 Å². The molecular weight excluding hydrogens is 615 g/mol. The molecule has 0 atom stereocenters. The lowest BCUT2D eigenvalue weighted by molar-refractivity contribution is 0.669. The molecule has 0 bridgehead atoms. The van der Waals surface area contributed by atoms with Gasteiger partial charge in [0.2, 0.25) is 0 Å². The summed E-state index contributed by atoms with van der Waals surface area (Å²) in [5, 5.41) is 7.30. The third-order valence-corrected chi connectivity index (χ3v) is 10.9. The average molecular weight is 644 g/mol. The van der Waals surface area contributed by atoms with Gasteiger partial charge in [-0.15, -0.1) is 11.3 Å². The Morgan fingerprint density at radius 2 is 1.10 bits per heavy atom. The molecule has 10 rings (SSSR count). The first-order valence-electron chi connectivity index (χ1n) is 16.6. The zero-order valence-electron chi connectivity index (χ0n) is 26.5. The normalized spacial score (nSPS) is 11.7. The number of anilines is 3. The van der Waals surface area contributed by atoms with Gasteiger partial charge >= 0.3 is 0 Å². The van der Waals surface area contributed by atoms with E-state index in [2.05, 4.69) is 181 Å². The van der Waals surface area contributed by atoms with Crippen molar-refractivity contribution in [1.82, 2.24) is 0 Å². The van der Waals surface area contributed by atoms with E-state index >= 15 is 0 Å². The molecule has 0 radical (unpaired) electrons. The second-order valence-corrected chi connectivity index (χ2v) is 13.5. The first kappa shape index (κ1) is 27.9. The highest BCUT2D eigenvalue weighted by Crippen LogP contribution is 2.45. The van der Waals surface area contributed by atoms with E-state index in [0.29, 0.717) is 0 Å². The molecule has 2 aromatic heterocycles. The zero-order chi connectivity index (χ0) is 32.3. The molecule has 0 saturated carbocycles. The molecule has 0 unspecified atom stereocenters.